The van der Waals surface area contributed by atoms with Gasteiger partial charge in [0, 0.05) is 5.69 Å². The number of aliphatic carboxylic acids is 1. The van der Waals surface area contributed by atoms with Crippen molar-refractivity contribution in [2.24, 2.45) is 0 Å². The number of carboxylic acid groups (broad SMARTS) is 1. The number of aryl methyl sites for hydroxylation is 2. The van der Waals surface area contributed by atoms with Gasteiger partial charge in [-0.15, -0.1) is 0 Å². The average Bonchev–Trinajstić information content (AvgIpc) is 2.84. The van der Waals surface area contributed by atoms with Crippen LogP contribution < -0.4 is 4.90 Å². The first kappa shape index (κ1) is 13.2. The van der Waals surface area contributed by atoms with Gasteiger partial charge < -0.3 is 14.4 Å². The summed E-state index contributed by atoms with van der Waals surface area (Å²) in [4.78, 5) is 12.8. The van der Waals surface area contributed by atoms with Gasteiger partial charge >= 0.3 is 5.97 Å². The van der Waals surface area contributed by atoms with Gasteiger partial charge in [0.2, 0.25) is 0 Å². The summed E-state index contributed by atoms with van der Waals surface area (Å²) < 4.78 is 5.30. The van der Waals surface area contributed by atoms with Crippen molar-refractivity contribution in [3.05, 3.63) is 53.5 Å². The molecule has 0 bridgehead atoms. The first-order chi connectivity index (χ1) is 9.06. The van der Waals surface area contributed by atoms with Gasteiger partial charge in [-0.2, -0.15) is 0 Å². The molecule has 0 saturated heterocycles. The molecule has 0 aliphatic rings. The molecule has 0 atom stereocenters. The third-order valence-corrected chi connectivity index (χ3v) is 2.96. The Kier molecular flexibility index (Phi) is 3.90. The number of carbonyl (C=O) groups is 1. The maximum atomic E-state index is 11.0. The molecule has 0 fully saturated rings. The summed E-state index contributed by atoms with van der Waals surface area (Å²) in [6.45, 7) is 4.37. The monoisotopic (exact) mass is 259 g/mol. The van der Waals surface area contributed by atoms with Gasteiger partial charge in [-0.05, 0) is 43.2 Å². The Labute approximate surface area is 112 Å². The molecule has 0 radical (unpaired) electrons. The highest BCUT2D eigenvalue weighted by molar-refractivity contribution is 5.74. The van der Waals surface area contributed by atoms with Crippen molar-refractivity contribution in [3.63, 3.8) is 0 Å². The van der Waals surface area contributed by atoms with Gasteiger partial charge in [0.25, 0.3) is 0 Å². The van der Waals surface area contributed by atoms with E-state index in [1.165, 1.54) is 0 Å². The number of nitrogens with zero attached hydrogens (tertiary/aromatic N) is 1. The van der Waals surface area contributed by atoms with E-state index in [4.69, 9.17) is 9.52 Å². The Bertz CT molecular complexity index is 561. The summed E-state index contributed by atoms with van der Waals surface area (Å²) in [5.41, 5.74) is 3.09. The minimum Gasteiger partial charge on any atom is -0.480 e. The van der Waals surface area contributed by atoms with E-state index < -0.39 is 5.97 Å². The highest BCUT2D eigenvalue weighted by atomic mass is 16.4. The number of hydrogen-bond donors (Lipinski definition) is 1. The fraction of sp³-hybridized carbons (Fsp3) is 0.267. The van der Waals surface area contributed by atoms with Crippen LogP contribution in [0.1, 0.15) is 16.9 Å². The molecule has 0 spiro atoms. The van der Waals surface area contributed by atoms with Crippen molar-refractivity contribution < 1.29 is 14.3 Å². The van der Waals surface area contributed by atoms with E-state index in [0.29, 0.717) is 6.54 Å². The Morgan fingerprint density at radius 3 is 2.74 bits per heavy atom. The lowest BCUT2D eigenvalue weighted by Gasteiger charge is -2.24. The third-order valence-electron chi connectivity index (χ3n) is 2.96. The van der Waals surface area contributed by atoms with E-state index in [2.05, 4.69) is 0 Å². The van der Waals surface area contributed by atoms with Gasteiger partial charge in [0.15, 0.2) is 0 Å². The minimum absolute atomic E-state index is 0.0506. The zero-order chi connectivity index (χ0) is 13.8. The van der Waals surface area contributed by atoms with Crippen LogP contribution in [-0.4, -0.2) is 17.6 Å². The lowest BCUT2D eigenvalue weighted by atomic mass is 10.1. The number of carboxylic acids is 1. The molecule has 100 valence electrons. The second-order valence-electron chi connectivity index (χ2n) is 4.62. The lowest BCUT2D eigenvalue weighted by Crippen LogP contribution is -2.29. The van der Waals surface area contributed by atoms with Crippen LogP contribution in [0.3, 0.4) is 0 Å². The Hall–Kier alpha value is -2.23. The summed E-state index contributed by atoms with van der Waals surface area (Å²) in [7, 11) is 0. The minimum atomic E-state index is -0.854. The third kappa shape index (κ3) is 3.37. The molecule has 0 aliphatic carbocycles. The fourth-order valence-corrected chi connectivity index (χ4v) is 2.04. The van der Waals surface area contributed by atoms with Crippen molar-refractivity contribution >= 4 is 11.7 Å². The average molecular weight is 259 g/mol. The van der Waals surface area contributed by atoms with Crippen LogP contribution in [-0.2, 0) is 11.3 Å². The summed E-state index contributed by atoms with van der Waals surface area (Å²) in [6.07, 6.45) is 1.59. The molecule has 0 amide bonds. The van der Waals surface area contributed by atoms with Gasteiger partial charge in [0.1, 0.15) is 12.3 Å². The van der Waals surface area contributed by atoms with E-state index >= 15 is 0 Å². The fourth-order valence-electron chi connectivity index (χ4n) is 2.04. The van der Waals surface area contributed by atoms with Crippen LogP contribution >= 0.6 is 0 Å². The van der Waals surface area contributed by atoms with Crippen LogP contribution in [0.2, 0.25) is 0 Å². The Morgan fingerprint density at radius 1 is 1.32 bits per heavy atom. The maximum Gasteiger partial charge on any atom is 0.323 e. The topological polar surface area (TPSA) is 53.7 Å². The molecule has 0 saturated carbocycles. The van der Waals surface area contributed by atoms with Crippen LogP contribution in [0.5, 0.6) is 0 Å². The second-order valence-corrected chi connectivity index (χ2v) is 4.62. The number of furan rings is 1. The molecule has 1 N–H and O–H groups in total. The maximum absolute atomic E-state index is 11.0. The SMILES string of the molecule is Cc1ccc(C)c(N(CC(=O)O)Cc2ccco2)c1. The van der Waals surface area contributed by atoms with E-state index in [1.807, 2.05) is 43.0 Å². The summed E-state index contributed by atoms with van der Waals surface area (Å²) in [5.74, 6) is -0.102. The van der Waals surface area contributed by atoms with Crippen molar-refractivity contribution in [1.29, 1.82) is 0 Å². The molecule has 2 aromatic rings. The molecule has 1 heterocycles. The van der Waals surface area contributed by atoms with Gasteiger partial charge in [0.05, 0.1) is 12.8 Å². The molecule has 2 rings (SSSR count). The van der Waals surface area contributed by atoms with E-state index in [0.717, 1.165) is 22.6 Å². The van der Waals surface area contributed by atoms with E-state index in [-0.39, 0.29) is 6.54 Å². The smallest absolute Gasteiger partial charge is 0.323 e. The molecule has 19 heavy (non-hydrogen) atoms. The second kappa shape index (κ2) is 5.61. The molecule has 0 unspecified atom stereocenters. The number of hydrogen-bond acceptors (Lipinski definition) is 3. The van der Waals surface area contributed by atoms with Crippen LogP contribution in [0.25, 0.3) is 0 Å². The lowest BCUT2D eigenvalue weighted by molar-refractivity contribution is -0.135. The first-order valence-corrected chi connectivity index (χ1v) is 6.12. The largest absolute Gasteiger partial charge is 0.480 e. The van der Waals surface area contributed by atoms with Crippen molar-refractivity contribution in [3.8, 4) is 0 Å². The van der Waals surface area contributed by atoms with E-state index in [1.54, 1.807) is 12.3 Å². The summed E-state index contributed by atoms with van der Waals surface area (Å²) in [5, 5.41) is 9.06. The first-order valence-electron chi connectivity index (χ1n) is 6.12. The number of rotatable bonds is 5. The van der Waals surface area contributed by atoms with Crippen molar-refractivity contribution in [1.82, 2.24) is 0 Å². The van der Waals surface area contributed by atoms with Crippen molar-refractivity contribution in [2.45, 2.75) is 20.4 Å². The predicted molar refractivity (Wildman–Crippen MR) is 73.3 cm³/mol. The highest BCUT2D eigenvalue weighted by Crippen LogP contribution is 2.23. The molecule has 0 aliphatic heterocycles. The highest BCUT2D eigenvalue weighted by Gasteiger charge is 2.14. The summed E-state index contributed by atoms with van der Waals surface area (Å²) in [6, 6.07) is 9.67. The Morgan fingerprint density at radius 2 is 2.11 bits per heavy atom. The normalized spacial score (nSPS) is 10.4. The predicted octanol–water partition coefficient (Wildman–Crippen LogP) is 2.99. The van der Waals surface area contributed by atoms with Crippen LogP contribution in [0, 0.1) is 13.8 Å². The van der Waals surface area contributed by atoms with Gasteiger partial charge in [-0.1, -0.05) is 12.1 Å². The molecule has 1 aromatic heterocycles. The zero-order valence-corrected chi connectivity index (χ0v) is 11.1. The van der Waals surface area contributed by atoms with Gasteiger partial charge in [-0.3, -0.25) is 4.79 Å². The van der Waals surface area contributed by atoms with Crippen LogP contribution in [0.4, 0.5) is 5.69 Å². The van der Waals surface area contributed by atoms with Crippen molar-refractivity contribution in [2.75, 3.05) is 11.4 Å². The molecule has 4 nitrogen and oxygen atoms in total. The Balaban J connectivity index is 2.30. The molecular weight excluding hydrogens is 242 g/mol. The standard InChI is InChI=1S/C15H17NO3/c1-11-5-6-12(2)14(8-11)16(10-15(17)18)9-13-4-3-7-19-13/h3-8H,9-10H2,1-2H3,(H,17,18). The summed E-state index contributed by atoms with van der Waals surface area (Å²) >= 11 is 0. The molecule has 1 aromatic carbocycles. The number of benzene rings is 1. The van der Waals surface area contributed by atoms with Crippen LogP contribution in [0.15, 0.2) is 41.0 Å². The zero-order valence-electron chi connectivity index (χ0n) is 11.1. The van der Waals surface area contributed by atoms with E-state index in [9.17, 15) is 4.79 Å². The van der Waals surface area contributed by atoms with Gasteiger partial charge in [-0.25, -0.2) is 0 Å². The molecule has 4 heteroatoms. The quantitative estimate of drug-likeness (QED) is 0.896. The number of anilines is 1. The molecular formula is C15H17NO3.